The van der Waals surface area contributed by atoms with E-state index in [1.54, 1.807) is 0 Å². The van der Waals surface area contributed by atoms with Crippen molar-refractivity contribution in [3.8, 4) is 0 Å². The molecule has 0 saturated carbocycles. The van der Waals surface area contributed by atoms with Crippen LogP contribution >= 0.6 is 0 Å². The van der Waals surface area contributed by atoms with Crippen LogP contribution in [0.5, 0.6) is 0 Å². The van der Waals surface area contributed by atoms with Gasteiger partial charge in [0.25, 0.3) is 0 Å². The predicted octanol–water partition coefficient (Wildman–Crippen LogP) is 0.379. The monoisotopic (exact) mass is 238 g/mol. The summed E-state index contributed by atoms with van der Waals surface area (Å²) < 4.78 is 38.4. The highest BCUT2D eigenvalue weighted by atomic mass is 19.1. The zero-order chi connectivity index (χ0) is 11.5. The van der Waals surface area contributed by atoms with Gasteiger partial charge in [0.1, 0.15) is 6.61 Å². The van der Waals surface area contributed by atoms with Crippen molar-refractivity contribution in [3.05, 3.63) is 0 Å². The summed E-state index contributed by atoms with van der Waals surface area (Å²) in [6, 6.07) is 0. The molecule has 0 aromatic carbocycles. The zero-order valence-corrected chi connectivity index (χ0v) is 9.36. The SMILES string of the molecule is FC1COCCOCCOCCOCCO1. The maximum absolute atomic E-state index is 13.0. The molecule has 0 amide bonds. The van der Waals surface area contributed by atoms with Gasteiger partial charge in [0.2, 0.25) is 6.36 Å². The Morgan fingerprint density at radius 3 is 1.62 bits per heavy atom. The van der Waals surface area contributed by atoms with Crippen LogP contribution in [0.25, 0.3) is 0 Å². The minimum atomic E-state index is -1.40. The van der Waals surface area contributed by atoms with Crippen molar-refractivity contribution in [2.24, 2.45) is 0 Å². The Balaban J connectivity index is 2.10. The Hall–Kier alpha value is -0.270. The van der Waals surface area contributed by atoms with Crippen LogP contribution in [0.3, 0.4) is 0 Å². The van der Waals surface area contributed by atoms with Gasteiger partial charge in [0.15, 0.2) is 0 Å². The molecular formula is C10H19FO5. The Kier molecular flexibility index (Phi) is 8.55. The third-order valence-electron chi connectivity index (χ3n) is 1.89. The van der Waals surface area contributed by atoms with Crippen molar-refractivity contribution in [1.82, 2.24) is 0 Å². The highest BCUT2D eigenvalue weighted by Crippen LogP contribution is 1.95. The lowest BCUT2D eigenvalue weighted by Gasteiger charge is -2.10. The smallest absolute Gasteiger partial charge is 0.222 e. The lowest BCUT2D eigenvalue weighted by molar-refractivity contribution is -0.104. The summed E-state index contributed by atoms with van der Waals surface area (Å²) in [5.41, 5.74) is 0. The largest absolute Gasteiger partial charge is 0.377 e. The van der Waals surface area contributed by atoms with Gasteiger partial charge in [0, 0.05) is 0 Å². The topological polar surface area (TPSA) is 46.2 Å². The van der Waals surface area contributed by atoms with Crippen molar-refractivity contribution in [3.63, 3.8) is 0 Å². The van der Waals surface area contributed by atoms with Gasteiger partial charge >= 0.3 is 0 Å². The first-order valence-corrected chi connectivity index (χ1v) is 5.46. The standard InChI is InChI=1S/C10H19FO5/c11-10-9-15-6-5-13-2-1-12-3-4-14-7-8-16-10/h10H,1-9H2. The summed E-state index contributed by atoms with van der Waals surface area (Å²) in [4.78, 5) is 0. The highest BCUT2D eigenvalue weighted by Gasteiger charge is 2.06. The van der Waals surface area contributed by atoms with E-state index in [1.807, 2.05) is 0 Å². The molecule has 1 aliphatic heterocycles. The Morgan fingerprint density at radius 2 is 1.06 bits per heavy atom. The van der Waals surface area contributed by atoms with Crippen molar-refractivity contribution >= 4 is 0 Å². The molecule has 0 radical (unpaired) electrons. The van der Waals surface area contributed by atoms with E-state index >= 15 is 0 Å². The molecular weight excluding hydrogens is 219 g/mol. The van der Waals surface area contributed by atoms with E-state index < -0.39 is 6.36 Å². The molecule has 0 N–H and O–H groups in total. The summed E-state index contributed by atoms with van der Waals surface area (Å²) in [7, 11) is 0. The van der Waals surface area contributed by atoms with Gasteiger partial charge in [0.05, 0.1) is 52.9 Å². The van der Waals surface area contributed by atoms with Crippen molar-refractivity contribution in [1.29, 1.82) is 0 Å². The Bertz CT molecular complexity index is 142. The zero-order valence-electron chi connectivity index (χ0n) is 9.36. The predicted molar refractivity (Wildman–Crippen MR) is 54.1 cm³/mol. The van der Waals surface area contributed by atoms with Crippen molar-refractivity contribution < 1.29 is 28.1 Å². The van der Waals surface area contributed by atoms with Crippen molar-refractivity contribution in [2.75, 3.05) is 59.5 Å². The van der Waals surface area contributed by atoms with Crippen LogP contribution in [0.4, 0.5) is 4.39 Å². The molecule has 0 spiro atoms. The average Bonchev–Trinajstić information content (AvgIpc) is 2.29. The van der Waals surface area contributed by atoms with Crippen LogP contribution in [0.1, 0.15) is 0 Å². The molecule has 1 saturated heterocycles. The van der Waals surface area contributed by atoms with E-state index in [9.17, 15) is 4.39 Å². The van der Waals surface area contributed by atoms with Crippen LogP contribution in [0.15, 0.2) is 0 Å². The van der Waals surface area contributed by atoms with Crippen molar-refractivity contribution in [2.45, 2.75) is 6.36 Å². The summed E-state index contributed by atoms with van der Waals surface area (Å²) >= 11 is 0. The van der Waals surface area contributed by atoms with E-state index in [2.05, 4.69) is 0 Å². The van der Waals surface area contributed by atoms with Gasteiger partial charge in [-0.25, -0.2) is 4.39 Å². The third-order valence-corrected chi connectivity index (χ3v) is 1.89. The fraction of sp³-hybridized carbons (Fsp3) is 1.00. The van der Waals surface area contributed by atoms with Crippen LogP contribution < -0.4 is 0 Å². The van der Waals surface area contributed by atoms with E-state index in [4.69, 9.17) is 23.7 Å². The van der Waals surface area contributed by atoms with E-state index in [-0.39, 0.29) is 13.2 Å². The van der Waals surface area contributed by atoms with Crippen LogP contribution in [-0.2, 0) is 23.7 Å². The first-order chi connectivity index (χ1) is 7.89. The number of ether oxygens (including phenoxy) is 5. The molecule has 6 heteroatoms. The summed E-state index contributed by atoms with van der Waals surface area (Å²) in [5, 5.41) is 0. The minimum absolute atomic E-state index is 0.0696. The molecule has 0 aliphatic carbocycles. The number of rotatable bonds is 0. The van der Waals surface area contributed by atoms with Crippen LogP contribution in [0, 0.1) is 0 Å². The minimum Gasteiger partial charge on any atom is -0.377 e. The molecule has 1 heterocycles. The molecule has 1 fully saturated rings. The van der Waals surface area contributed by atoms with Gasteiger partial charge in [-0.05, 0) is 0 Å². The molecule has 1 atom stereocenters. The second kappa shape index (κ2) is 9.92. The first-order valence-electron chi connectivity index (χ1n) is 5.46. The molecule has 5 nitrogen and oxygen atoms in total. The first kappa shape index (κ1) is 13.8. The highest BCUT2D eigenvalue weighted by molar-refractivity contribution is 4.41. The molecule has 96 valence electrons. The second-order valence-corrected chi connectivity index (χ2v) is 3.19. The van der Waals surface area contributed by atoms with E-state index in [0.717, 1.165) is 0 Å². The summed E-state index contributed by atoms with van der Waals surface area (Å²) in [6.07, 6.45) is -1.40. The third kappa shape index (κ3) is 7.95. The lowest BCUT2D eigenvalue weighted by atomic mass is 10.6. The van der Waals surface area contributed by atoms with Gasteiger partial charge < -0.3 is 23.7 Å². The molecule has 0 bridgehead atoms. The van der Waals surface area contributed by atoms with Gasteiger partial charge in [-0.2, -0.15) is 0 Å². The second-order valence-electron chi connectivity index (χ2n) is 3.19. The fourth-order valence-corrected chi connectivity index (χ4v) is 1.12. The molecule has 1 aliphatic rings. The maximum atomic E-state index is 13.0. The molecule has 16 heavy (non-hydrogen) atoms. The Morgan fingerprint density at radius 1 is 0.625 bits per heavy atom. The maximum Gasteiger partial charge on any atom is 0.222 e. The average molecular weight is 238 g/mol. The fourth-order valence-electron chi connectivity index (χ4n) is 1.12. The number of hydrogen-bond donors (Lipinski definition) is 0. The van der Waals surface area contributed by atoms with Gasteiger partial charge in [-0.15, -0.1) is 0 Å². The Labute approximate surface area is 94.8 Å². The van der Waals surface area contributed by atoms with Crippen LogP contribution in [-0.4, -0.2) is 65.8 Å². The van der Waals surface area contributed by atoms with Gasteiger partial charge in [-0.1, -0.05) is 0 Å². The normalized spacial score (nSPS) is 27.9. The quantitative estimate of drug-likeness (QED) is 0.610. The summed E-state index contributed by atoms with van der Waals surface area (Å²) in [5.74, 6) is 0. The molecule has 0 aromatic heterocycles. The number of alkyl halides is 1. The van der Waals surface area contributed by atoms with Crippen LogP contribution in [0.2, 0.25) is 0 Å². The van der Waals surface area contributed by atoms with Gasteiger partial charge in [-0.3, -0.25) is 0 Å². The number of hydrogen-bond acceptors (Lipinski definition) is 5. The lowest BCUT2D eigenvalue weighted by Crippen LogP contribution is -2.19. The molecule has 1 rings (SSSR count). The van der Waals surface area contributed by atoms with E-state index in [1.165, 1.54) is 0 Å². The summed E-state index contributed by atoms with van der Waals surface area (Å²) in [6.45, 7) is 3.36. The molecule has 0 aromatic rings. The van der Waals surface area contributed by atoms with E-state index in [0.29, 0.717) is 46.2 Å². The molecule has 1 unspecified atom stereocenters. The number of halogens is 1.